The van der Waals surface area contributed by atoms with E-state index in [1.165, 1.54) is 17.0 Å². The van der Waals surface area contributed by atoms with Crippen LogP contribution in [0.3, 0.4) is 0 Å². The van der Waals surface area contributed by atoms with E-state index in [1.54, 1.807) is 26.4 Å². The first-order valence-corrected chi connectivity index (χ1v) is 12.4. The molecule has 38 heavy (non-hydrogen) atoms. The average Bonchev–Trinajstić information content (AvgIpc) is 3.58. The van der Waals surface area contributed by atoms with Crippen LogP contribution in [0.15, 0.2) is 90.5 Å². The Morgan fingerprint density at radius 2 is 1.24 bits per heavy atom. The summed E-state index contributed by atoms with van der Waals surface area (Å²) in [5.41, 5.74) is 4.31. The van der Waals surface area contributed by atoms with E-state index in [2.05, 4.69) is 0 Å². The summed E-state index contributed by atoms with van der Waals surface area (Å²) in [6.07, 6.45) is 4.08. The molecule has 1 saturated carbocycles. The molecule has 7 heteroatoms. The third-order valence-electron chi connectivity index (χ3n) is 7.81. The quantitative estimate of drug-likeness (QED) is 0.380. The molecule has 2 aliphatic carbocycles. The number of allylic oxidation sites excluding steroid dienone is 3. The molecule has 4 atom stereocenters. The van der Waals surface area contributed by atoms with Crippen LogP contribution >= 0.6 is 0 Å². The Bertz CT molecular complexity index is 1440. The summed E-state index contributed by atoms with van der Waals surface area (Å²) >= 11 is 0. The second-order valence-corrected chi connectivity index (χ2v) is 9.64. The van der Waals surface area contributed by atoms with Gasteiger partial charge in [0.05, 0.1) is 37.3 Å². The molecule has 6 rings (SSSR count). The van der Waals surface area contributed by atoms with Gasteiger partial charge in [-0.3, -0.25) is 9.59 Å². The predicted octanol–water partition coefficient (Wildman–Crippen LogP) is 4.83. The molecule has 1 saturated heterocycles. The van der Waals surface area contributed by atoms with E-state index in [0.717, 1.165) is 33.8 Å². The largest absolute Gasteiger partial charge is 0.497 e. The number of nitrogens with zero attached hydrogens (tertiary/aromatic N) is 1. The second-order valence-electron chi connectivity index (χ2n) is 9.64. The number of benzene rings is 3. The molecule has 0 aromatic heterocycles. The first-order chi connectivity index (χ1) is 18.4. The summed E-state index contributed by atoms with van der Waals surface area (Å²) < 4.78 is 10.7. The van der Waals surface area contributed by atoms with Gasteiger partial charge in [-0.25, -0.2) is 9.69 Å². The van der Waals surface area contributed by atoms with Crippen molar-refractivity contribution in [1.82, 2.24) is 0 Å². The zero-order chi connectivity index (χ0) is 26.6. The van der Waals surface area contributed by atoms with Gasteiger partial charge in [0.15, 0.2) is 0 Å². The van der Waals surface area contributed by atoms with Crippen molar-refractivity contribution in [1.29, 1.82) is 0 Å². The van der Waals surface area contributed by atoms with E-state index in [-0.39, 0.29) is 29.2 Å². The summed E-state index contributed by atoms with van der Waals surface area (Å²) in [4.78, 5) is 40.2. The van der Waals surface area contributed by atoms with Crippen LogP contribution in [0, 0.1) is 23.7 Å². The molecule has 2 bridgehead atoms. The van der Waals surface area contributed by atoms with Crippen LogP contribution < -0.4 is 14.4 Å². The average molecular weight is 508 g/mol. The van der Waals surface area contributed by atoms with E-state index in [1.807, 2.05) is 60.7 Å². The topological polar surface area (TPSA) is 93.1 Å². The minimum absolute atomic E-state index is 0.0307. The zero-order valence-electron chi connectivity index (χ0n) is 20.8. The summed E-state index contributed by atoms with van der Waals surface area (Å²) in [5.74, 6) is -1.77. The van der Waals surface area contributed by atoms with Crippen molar-refractivity contribution in [2.75, 3.05) is 19.1 Å². The number of hydrogen-bond donors (Lipinski definition) is 1. The molecule has 7 nitrogen and oxygen atoms in total. The Hall–Kier alpha value is -4.65. The number of imide groups is 1. The van der Waals surface area contributed by atoms with Gasteiger partial charge < -0.3 is 14.6 Å². The van der Waals surface area contributed by atoms with Crippen LogP contribution in [0.1, 0.15) is 21.5 Å². The number of carboxylic acid groups (broad SMARTS) is 1. The van der Waals surface area contributed by atoms with Crippen molar-refractivity contribution >= 4 is 29.0 Å². The van der Waals surface area contributed by atoms with Crippen LogP contribution in [0.5, 0.6) is 11.5 Å². The number of aromatic carboxylic acids is 1. The Kier molecular flexibility index (Phi) is 5.64. The van der Waals surface area contributed by atoms with Gasteiger partial charge in [-0.05, 0) is 64.7 Å². The highest BCUT2D eigenvalue weighted by Crippen LogP contribution is 2.59. The van der Waals surface area contributed by atoms with Gasteiger partial charge in [-0.2, -0.15) is 0 Å². The van der Waals surface area contributed by atoms with E-state index < -0.39 is 17.8 Å². The number of amides is 2. The summed E-state index contributed by atoms with van der Waals surface area (Å²) in [6.45, 7) is 0. The molecule has 1 aliphatic heterocycles. The number of rotatable bonds is 6. The lowest BCUT2D eigenvalue weighted by molar-refractivity contribution is -0.122. The van der Waals surface area contributed by atoms with Crippen LogP contribution in [0.2, 0.25) is 0 Å². The van der Waals surface area contributed by atoms with Gasteiger partial charge in [0.2, 0.25) is 11.8 Å². The number of carboxylic acids is 1. The standard InChI is InChI=1S/C31H25NO6/c1-37-21-10-6-17(7-11-21)25(18-8-12-22(38-2)13-9-18)26-23-14-15-24(26)28-27(23)29(33)32(30(28)34)20-5-3-4-19(16-20)31(35)36/h3-16,23-24,27-28H,1-2H3,(H,35,36)/t23-,24-,27-,28-/m1/s1. The molecule has 0 spiro atoms. The molecule has 2 amide bonds. The number of ether oxygens (including phenoxy) is 2. The van der Waals surface area contributed by atoms with Crippen LogP contribution in [0.4, 0.5) is 5.69 Å². The third kappa shape index (κ3) is 3.54. The van der Waals surface area contributed by atoms with Crippen molar-refractivity contribution in [2.24, 2.45) is 23.7 Å². The fraction of sp³-hybridized carbons (Fsp3) is 0.194. The molecule has 0 unspecified atom stereocenters. The van der Waals surface area contributed by atoms with E-state index >= 15 is 0 Å². The highest BCUT2D eigenvalue weighted by atomic mass is 16.5. The van der Waals surface area contributed by atoms with Gasteiger partial charge in [0, 0.05) is 11.8 Å². The number of fused-ring (bicyclic) bond motifs is 5. The summed E-state index contributed by atoms with van der Waals surface area (Å²) in [7, 11) is 3.24. The lowest BCUT2D eigenvalue weighted by atomic mass is 9.85. The van der Waals surface area contributed by atoms with Gasteiger partial charge in [-0.15, -0.1) is 0 Å². The normalized spacial score (nSPS) is 23.1. The monoisotopic (exact) mass is 507 g/mol. The maximum absolute atomic E-state index is 13.7. The Morgan fingerprint density at radius 1 is 0.737 bits per heavy atom. The van der Waals surface area contributed by atoms with Gasteiger partial charge in [-0.1, -0.05) is 42.5 Å². The van der Waals surface area contributed by atoms with E-state index in [9.17, 15) is 19.5 Å². The number of carbonyl (C=O) groups excluding carboxylic acids is 2. The molecule has 3 aromatic rings. The first kappa shape index (κ1) is 23.7. The van der Waals surface area contributed by atoms with Crippen molar-refractivity contribution in [2.45, 2.75) is 0 Å². The molecular formula is C31H25NO6. The van der Waals surface area contributed by atoms with E-state index in [4.69, 9.17) is 9.47 Å². The maximum Gasteiger partial charge on any atom is 0.335 e. The third-order valence-corrected chi connectivity index (χ3v) is 7.81. The molecule has 3 aromatic carbocycles. The van der Waals surface area contributed by atoms with Crippen molar-refractivity contribution < 1.29 is 29.0 Å². The molecule has 2 fully saturated rings. The van der Waals surface area contributed by atoms with Crippen LogP contribution in [-0.4, -0.2) is 37.1 Å². The highest BCUT2D eigenvalue weighted by molar-refractivity contribution is 6.23. The Balaban J connectivity index is 1.46. The lowest BCUT2D eigenvalue weighted by Crippen LogP contribution is -2.33. The molecule has 3 aliphatic rings. The molecule has 1 N–H and O–H groups in total. The first-order valence-electron chi connectivity index (χ1n) is 12.4. The molecule has 0 radical (unpaired) electrons. The Morgan fingerprint density at radius 3 is 1.68 bits per heavy atom. The summed E-state index contributed by atoms with van der Waals surface area (Å²) in [6, 6.07) is 21.6. The number of carbonyl (C=O) groups is 3. The van der Waals surface area contributed by atoms with Crippen molar-refractivity contribution in [3.63, 3.8) is 0 Å². The number of hydrogen-bond acceptors (Lipinski definition) is 5. The fourth-order valence-corrected chi connectivity index (χ4v) is 6.14. The van der Waals surface area contributed by atoms with Crippen LogP contribution in [0.25, 0.3) is 5.57 Å². The molecular weight excluding hydrogens is 482 g/mol. The van der Waals surface area contributed by atoms with Crippen LogP contribution in [-0.2, 0) is 9.59 Å². The number of anilines is 1. The van der Waals surface area contributed by atoms with Crippen molar-refractivity contribution in [3.05, 3.63) is 107 Å². The minimum Gasteiger partial charge on any atom is -0.497 e. The zero-order valence-corrected chi connectivity index (χ0v) is 20.8. The molecule has 1 heterocycles. The highest BCUT2D eigenvalue weighted by Gasteiger charge is 2.62. The number of methoxy groups -OCH3 is 2. The SMILES string of the molecule is COc1ccc(C(=C2[C@H]3C=C[C@H]2[C@H]2C(=O)N(c4cccc(C(=O)O)c4)C(=O)[C@@H]23)c2ccc(OC)cc2)cc1. The predicted molar refractivity (Wildman–Crippen MR) is 141 cm³/mol. The Labute approximate surface area is 219 Å². The van der Waals surface area contributed by atoms with Crippen molar-refractivity contribution in [3.8, 4) is 11.5 Å². The smallest absolute Gasteiger partial charge is 0.335 e. The summed E-state index contributed by atoms with van der Waals surface area (Å²) in [5, 5.41) is 9.40. The maximum atomic E-state index is 13.7. The van der Waals surface area contributed by atoms with Gasteiger partial charge in [0.25, 0.3) is 0 Å². The minimum atomic E-state index is -1.11. The van der Waals surface area contributed by atoms with Gasteiger partial charge in [0.1, 0.15) is 11.5 Å². The van der Waals surface area contributed by atoms with Gasteiger partial charge >= 0.3 is 5.97 Å². The fourth-order valence-electron chi connectivity index (χ4n) is 6.14. The lowest BCUT2D eigenvalue weighted by Gasteiger charge is -2.22. The van der Waals surface area contributed by atoms with E-state index in [0.29, 0.717) is 5.69 Å². The molecule has 190 valence electrons. The second kappa shape index (κ2) is 9.03.